The molecule has 4 aliphatic heterocycles. The Labute approximate surface area is 482 Å². The minimum Gasteiger partial charge on any atom is -0.350 e. The van der Waals surface area contributed by atoms with Crippen molar-refractivity contribution in [1.29, 1.82) is 0 Å². The van der Waals surface area contributed by atoms with Gasteiger partial charge in [0.2, 0.25) is 35.4 Å². The van der Waals surface area contributed by atoms with Gasteiger partial charge in [-0.05, 0) is 94.1 Å². The molecule has 4 aliphatic rings. The van der Waals surface area contributed by atoms with Gasteiger partial charge in [-0.3, -0.25) is 38.2 Å². The number of rotatable bonds is 20. The third kappa shape index (κ3) is 14.8. The van der Waals surface area contributed by atoms with Crippen LogP contribution in [-0.4, -0.2) is 136 Å². The van der Waals surface area contributed by atoms with Gasteiger partial charge < -0.3 is 47.0 Å². The predicted molar refractivity (Wildman–Crippen MR) is 314 cm³/mol. The SMILES string of the molecule is CC.CC.CC[C@H](NC)C(=O)NC1C(=O)N2C(CCC1Cn1cc(C(=O)NCC3CCC4CCC(C(=O)NC(c5ccccc5)c5ccccc5)N4C(=O)C3NC(=O)CNC)nn1)CCC2C(=O)NC(c1ccccc1)c1ccccc1. The number of aromatic nitrogens is 3. The Hall–Kier alpha value is -7.77. The van der Waals surface area contributed by atoms with Crippen LogP contribution in [0.25, 0.3) is 0 Å². The summed E-state index contributed by atoms with van der Waals surface area (Å²) in [7, 11) is 3.33. The van der Waals surface area contributed by atoms with Crippen molar-refractivity contribution in [1.82, 2.24) is 62.0 Å². The molecule has 19 heteroatoms. The highest BCUT2D eigenvalue weighted by Gasteiger charge is 2.50. The fourth-order valence-corrected chi connectivity index (χ4v) is 12.1. The number of hydrogen-bond donors (Lipinski definition) is 7. The standard InChI is InChI=1S/C59H72N12O7.2C2H6/c1-4-45(61-3)55(74)66-53-42(26-28-44-30-32-48(71(44)59(53)78)57(76)65-51(39-21-13-7-14-22-39)40-23-15-8-16-24-40)35-69-36-46(67-68-69)54(73)62-33-41-25-27-43-29-31-47(70(43)58(77)52(41)63-49(72)34-60-2)56(75)64-50(37-17-9-5-10-18-37)38-19-11-6-12-20-38;2*1-2/h5-24,36,41-45,47-48,50-53,60-61H,4,25-35H2,1-3H3,(H,62,73)(H,63,72)(H,64,75)(H,65,76)(H,66,74);2*1-2H3/t41?,42?,43?,44?,45-,47?,48?,52?,53?;;/m0../s1. The first-order valence-electron chi connectivity index (χ1n) is 29.5. The van der Waals surface area contributed by atoms with E-state index in [1.807, 2.05) is 156 Å². The van der Waals surface area contributed by atoms with Crippen molar-refractivity contribution in [3.63, 3.8) is 0 Å². The number of nitrogens with one attached hydrogen (secondary N) is 7. The second-order valence-corrected chi connectivity index (χ2v) is 21.0. The van der Waals surface area contributed by atoms with Gasteiger partial charge in [-0.25, -0.2) is 0 Å². The fraction of sp³-hybridized carbons (Fsp3) is 0.476. The average Bonchev–Trinajstić information content (AvgIpc) is 4.06. The van der Waals surface area contributed by atoms with E-state index >= 15 is 4.79 Å². The lowest BCUT2D eigenvalue weighted by molar-refractivity contribution is -0.144. The molecule has 0 spiro atoms. The van der Waals surface area contributed by atoms with Gasteiger partial charge in [-0.15, -0.1) is 5.10 Å². The molecule has 0 aliphatic carbocycles. The predicted octanol–water partition coefficient (Wildman–Crippen LogP) is 5.60. The molecule has 4 fully saturated rings. The van der Waals surface area contributed by atoms with Crippen LogP contribution in [0.2, 0.25) is 0 Å². The molecular weight excluding hydrogens is 1040 g/mol. The summed E-state index contributed by atoms with van der Waals surface area (Å²) in [4.78, 5) is 103. The van der Waals surface area contributed by atoms with Gasteiger partial charge >= 0.3 is 0 Å². The Bertz CT molecular complexity index is 2790. The number of amides is 7. The summed E-state index contributed by atoms with van der Waals surface area (Å²) in [6.45, 7) is 9.99. The van der Waals surface area contributed by atoms with Crippen molar-refractivity contribution in [3.05, 3.63) is 155 Å². The number of carbonyl (C=O) groups excluding carboxylic acids is 7. The molecule has 19 nitrogen and oxygen atoms in total. The lowest BCUT2D eigenvalue weighted by Crippen LogP contribution is -2.58. The van der Waals surface area contributed by atoms with Gasteiger partial charge in [0.05, 0.1) is 30.9 Å². The molecule has 7 N–H and O–H groups in total. The number of fused-ring (bicyclic) bond motifs is 2. The molecule has 438 valence electrons. The minimum atomic E-state index is -1.04. The van der Waals surface area contributed by atoms with Crippen molar-refractivity contribution in [2.24, 2.45) is 11.8 Å². The molecule has 4 saturated heterocycles. The van der Waals surface area contributed by atoms with E-state index in [4.69, 9.17) is 0 Å². The summed E-state index contributed by atoms with van der Waals surface area (Å²) < 4.78 is 1.50. The molecular formula is C63H84N12O7. The van der Waals surface area contributed by atoms with Crippen LogP contribution >= 0.6 is 0 Å². The maximum absolute atomic E-state index is 15.0. The zero-order chi connectivity index (χ0) is 58.7. The van der Waals surface area contributed by atoms with Crippen LogP contribution in [0.1, 0.15) is 137 Å². The first-order valence-corrected chi connectivity index (χ1v) is 29.5. The van der Waals surface area contributed by atoms with E-state index in [9.17, 15) is 28.8 Å². The van der Waals surface area contributed by atoms with Gasteiger partial charge in [-0.1, -0.05) is 161 Å². The third-order valence-electron chi connectivity index (χ3n) is 16.2. The van der Waals surface area contributed by atoms with Crippen LogP contribution in [0.4, 0.5) is 0 Å². The highest BCUT2D eigenvalue weighted by Crippen LogP contribution is 2.37. The Morgan fingerprint density at radius 1 is 0.573 bits per heavy atom. The summed E-state index contributed by atoms with van der Waals surface area (Å²) in [5.41, 5.74) is 3.61. The van der Waals surface area contributed by atoms with E-state index in [-0.39, 0.29) is 66.9 Å². The van der Waals surface area contributed by atoms with E-state index in [1.165, 1.54) is 10.9 Å². The van der Waals surface area contributed by atoms with E-state index in [0.717, 1.165) is 22.3 Å². The van der Waals surface area contributed by atoms with E-state index in [1.54, 1.807) is 23.9 Å². The lowest BCUT2D eigenvalue weighted by atomic mass is 9.92. The molecule has 82 heavy (non-hydrogen) atoms. The Balaban J connectivity index is 0.00000237. The van der Waals surface area contributed by atoms with E-state index < -0.39 is 65.9 Å². The van der Waals surface area contributed by atoms with E-state index in [0.29, 0.717) is 57.8 Å². The largest absolute Gasteiger partial charge is 0.350 e. The summed E-state index contributed by atoms with van der Waals surface area (Å²) >= 11 is 0. The highest BCUT2D eigenvalue weighted by atomic mass is 16.2. The highest BCUT2D eigenvalue weighted by molar-refractivity contribution is 5.96. The minimum absolute atomic E-state index is 0.0000344. The molecule has 7 amide bonds. The average molecular weight is 1120 g/mol. The van der Waals surface area contributed by atoms with Crippen LogP contribution in [0.15, 0.2) is 128 Å². The maximum atomic E-state index is 15.0. The molecule has 9 rings (SSSR count). The smallest absolute Gasteiger partial charge is 0.273 e. The summed E-state index contributed by atoms with van der Waals surface area (Å²) in [6.07, 6.45) is 6.26. The molecule has 0 saturated carbocycles. The zero-order valence-electron chi connectivity index (χ0n) is 48.6. The number of carbonyl (C=O) groups is 7. The second-order valence-electron chi connectivity index (χ2n) is 21.0. The number of likely N-dealkylation sites (N-methyl/N-ethyl adjacent to an activating group) is 2. The number of hydrogen-bond acceptors (Lipinski definition) is 11. The van der Waals surface area contributed by atoms with Gasteiger partial charge in [0.15, 0.2) is 5.69 Å². The first-order chi connectivity index (χ1) is 40.0. The molecule has 8 unspecified atom stereocenters. The van der Waals surface area contributed by atoms with Crippen LogP contribution < -0.4 is 37.2 Å². The van der Waals surface area contributed by atoms with Gasteiger partial charge in [0.25, 0.3) is 5.91 Å². The Morgan fingerprint density at radius 3 is 1.43 bits per heavy atom. The molecule has 9 atom stereocenters. The maximum Gasteiger partial charge on any atom is 0.273 e. The van der Waals surface area contributed by atoms with Crippen molar-refractivity contribution >= 4 is 41.4 Å². The van der Waals surface area contributed by atoms with Crippen molar-refractivity contribution in [3.8, 4) is 0 Å². The molecule has 5 aromatic rings. The summed E-state index contributed by atoms with van der Waals surface area (Å²) in [5.74, 6) is -3.59. The monoisotopic (exact) mass is 1120 g/mol. The number of nitrogens with zero attached hydrogens (tertiary/aromatic N) is 5. The summed E-state index contributed by atoms with van der Waals surface area (Å²) in [5, 5.41) is 29.9. The van der Waals surface area contributed by atoms with Crippen LogP contribution in [0.3, 0.4) is 0 Å². The van der Waals surface area contributed by atoms with Gasteiger partial charge in [0, 0.05) is 37.0 Å². The van der Waals surface area contributed by atoms with E-state index in [2.05, 4.69) is 47.5 Å². The van der Waals surface area contributed by atoms with Gasteiger partial charge in [0.1, 0.15) is 24.2 Å². The first kappa shape index (κ1) is 61.8. The number of benzene rings is 4. The zero-order valence-corrected chi connectivity index (χ0v) is 48.6. The van der Waals surface area contributed by atoms with Crippen molar-refractivity contribution < 1.29 is 33.6 Å². The molecule has 0 bridgehead atoms. The fourth-order valence-electron chi connectivity index (χ4n) is 12.1. The molecule has 5 heterocycles. The Kier molecular flexibility index (Phi) is 22.9. The normalized spacial score (nSPS) is 22.4. The third-order valence-corrected chi connectivity index (χ3v) is 16.2. The topological polar surface area (TPSA) is 241 Å². The van der Waals surface area contributed by atoms with Crippen LogP contribution in [0.5, 0.6) is 0 Å². The van der Waals surface area contributed by atoms with Crippen molar-refractivity contribution in [2.75, 3.05) is 27.2 Å². The lowest BCUT2D eigenvalue weighted by Gasteiger charge is -2.33. The van der Waals surface area contributed by atoms with Crippen LogP contribution in [-0.2, 0) is 35.3 Å². The van der Waals surface area contributed by atoms with Crippen molar-refractivity contribution in [2.45, 2.75) is 153 Å². The van der Waals surface area contributed by atoms with Gasteiger partial charge in [-0.2, -0.15) is 0 Å². The molecule has 4 aromatic carbocycles. The summed E-state index contributed by atoms with van der Waals surface area (Å²) in [6, 6.07) is 33.2. The quantitative estimate of drug-likeness (QED) is 0.0507. The van der Waals surface area contributed by atoms with Crippen LogP contribution in [0, 0.1) is 11.8 Å². The molecule has 0 radical (unpaired) electrons. The molecule has 1 aromatic heterocycles. The second kappa shape index (κ2) is 30.3. The Morgan fingerprint density at radius 2 is 1.00 bits per heavy atom.